The van der Waals surface area contributed by atoms with E-state index in [1.54, 1.807) is 32.2 Å². The van der Waals surface area contributed by atoms with Gasteiger partial charge in [0.1, 0.15) is 0 Å². The minimum absolute atomic E-state index is 0.00739. The van der Waals surface area contributed by atoms with E-state index in [9.17, 15) is 13.2 Å². The molecule has 1 fully saturated rings. The third-order valence-corrected chi connectivity index (χ3v) is 5.94. The lowest BCUT2D eigenvalue weighted by Gasteiger charge is -2.17. The number of hydrogen-bond donors (Lipinski definition) is 3. The first-order valence-electron chi connectivity index (χ1n) is 8.41. The van der Waals surface area contributed by atoms with Crippen LogP contribution in [0.15, 0.2) is 40.8 Å². The summed E-state index contributed by atoms with van der Waals surface area (Å²) in [7, 11) is -2.11. The molecule has 1 atom stereocenters. The predicted octanol–water partition coefficient (Wildman–Crippen LogP) is 1.63. The number of sulfonamides is 1. The lowest BCUT2D eigenvalue weighted by Crippen LogP contribution is -2.33. The molecule has 1 aromatic rings. The van der Waals surface area contributed by atoms with Crippen molar-refractivity contribution in [3.63, 3.8) is 0 Å². The molecule has 0 aliphatic heterocycles. The van der Waals surface area contributed by atoms with Gasteiger partial charge in [-0.3, -0.25) is 4.79 Å². The van der Waals surface area contributed by atoms with Crippen LogP contribution in [0, 0.1) is 5.92 Å². The van der Waals surface area contributed by atoms with Crippen molar-refractivity contribution in [3.05, 3.63) is 41.5 Å². The van der Waals surface area contributed by atoms with E-state index in [4.69, 9.17) is 5.73 Å². The maximum Gasteiger partial charge on any atom is 0.264 e. The van der Waals surface area contributed by atoms with Crippen molar-refractivity contribution in [2.24, 2.45) is 11.7 Å². The molecule has 0 spiro atoms. The quantitative estimate of drug-likeness (QED) is 0.638. The highest BCUT2D eigenvalue weighted by Gasteiger charge is 2.39. The molecule has 0 aromatic heterocycles. The predicted molar refractivity (Wildman–Crippen MR) is 98.3 cm³/mol. The van der Waals surface area contributed by atoms with Crippen molar-refractivity contribution in [2.45, 2.75) is 50.1 Å². The first kappa shape index (κ1) is 19.6. The maximum absolute atomic E-state index is 12.4. The van der Waals surface area contributed by atoms with E-state index in [1.807, 2.05) is 13.8 Å². The Hall–Kier alpha value is -1.70. The number of nitrogens with one attached hydrogen (secondary N) is 2. The minimum Gasteiger partial charge on any atom is -0.321 e. The average molecular weight is 365 g/mol. The molecule has 0 heterocycles. The Morgan fingerprint density at radius 3 is 2.24 bits per heavy atom. The number of benzene rings is 1. The topological polar surface area (TPSA) is 101 Å². The lowest BCUT2D eigenvalue weighted by atomic mass is 10.0. The van der Waals surface area contributed by atoms with Crippen LogP contribution in [0.5, 0.6) is 0 Å². The SMILES string of the molecule is CN[C@H](/C=C(\C)C(=O)NS(=O)(=O)c1ccc(C2(N)CC2)cc1)C(C)C. The molecule has 1 aliphatic rings. The first-order valence-corrected chi connectivity index (χ1v) is 9.89. The van der Waals surface area contributed by atoms with Crippen molar-refractivity contribution in [1.29, 1.82) is 0 Å². The summed E-state index contributed by atoms with van der Waals surface area (Å²) >= 11 is 0. The fourth-order valence-electron chi connectivity index (χ4n) is 2.60. The first-order chi connectivity index (χ1) is 11.6. The van der Waals surface area contributed by atoms with Gasteiger partial charge in [0.2, 0.25) is 0 Å². The Morgan fingerprint density at radius 2 is 1.80 bits per heavy atom. The van der Waals surface area contributed by atoms with Crippen LogP contribution >= 0.6 is 0 Å². The zero-order valence-corrected chi connectivity index (χ0v) is 16.0. The molecular weight excluding hydrogens is 338 g/mol. The van der Waals surface area contributed by atoms with Crippen molar-refractivity contribution in [3.8, 4) is 0 Å². The summed E-state index contributed by atoms with van der Waals surface area (Å²) < 4.78 is 26.9. The van der Waals surface area contributed by atoms with E-state index in [2.05, 4.69) is 10.0 Å². The number of nitrogens with two attached hydrogens (primary N) is 1. The second-order valence-corrected chi connectivity index (χ2v) is 8.71. The second-order valence-electron chi connectivity index (χ2n) is 7.02. The zero-order chi connectivity index (χ0) is 18.8. The summed E-state index contributed by atoms with van der Waals surface area (Å²) in [5.41, 5.74) is 7.06. The molecule has 1 saturated carbocycles. The number of carbonyl (C=O) groups excluding carboxylic acids is 1. The van der Waals surface area contributed by atoms with Gasteiger partial charge in [-0.25, -0.2) is 13.1 Å². The molecule has 0 saturated heterocycles. The van der Waals surface area contributed by atoms with Gasteiger partial charge in [-0.05, 0) is 50.4 Å². The third-order valence-electron chi connectivity index (χ3n) is 4.59. The summed E-state index contributed by atoms with van der Waals surface area (Å²) in [6, 6.07) is 6.39. The second kappa shape index (κ2) is 7.27. The summed E-state index contributed by atoms with van der Waals surface area (Å²) in [4.78, 5) is 12.3. The number of amides is 1. The fourth-order valence-corrected chi connectivity index (χ4v) is 3.62. The summed E-state index contributed by atoms with van der Waals surface area (Å²) in [6.07, 6.45) is 3.55. The van der Waals surface area contributed by atoms with E-state index in [0.717, 1.165) is 18.4 Å². The van der Waals surface area contributed by atoms with Crippen molar-refractivity contribution in [1.82, 2.24) is 10.0 Å². The number of hydrogen-bond acceptors (Lipinski definition) is 5. The molecule has 7 heteroatoms. The standard InChI is InChI=1S/C18H27N3O3S/c1-12(2)16(20-4)11-13(3)17(22)21-25(23,24)15-7-5-14(6-8-15)18(19)9-10-18/h5-8,11-12,16,20H,9-10,19H2,1-4H3,(H,21,22)/b13-11+/t16-/m1/s1. The molecule has 138 valence electrons. The van der Waals surface area contributed by atoms with E-state index in [0.29, 0.717) is 5.57 Å². The van der Waals surface area contributed by atoms with Gasteiger partial charge >= 0.3 is 0 Å². The molecule has 0 unspecified atom stereocenters. The van der Waals surface area contributed by atoms with Crippen LogP contribution in [0.25, 0.3) is 0 Å². The molecule has 6 nitrogen and oxygen atoms in total. The smallest absolute Gasteiger partial charge is 0.264 e. The van der Waals surface area contributed by atoms with E-state index in [1.165, 1.54) is 12.1 Å². The van der Waals surface area contributed by atoms with Crippen LogP contribution in [0.3, 0.4) is 0 Å². The van der Waals surface area contributed by atoms with Gasteiger partial charge in [-0.15, -0.1) is 0 Å². The van der Waals surface area contributed by atoms with Crippen LogP contribution in [-0.4, -0.2) is 27.4 Å². The van der Waals surface area contributed by atoms with E-state index < -0.39 is 15.9 Å². The molecule has 25 heavy (non-hydrogen) atoms. The molecule has 1 aromatic carbocycles. The normalized spacial score (nSPS) is 18.1. The molecule has 1 amide bonds. The highest BCUT2D eigenvalue weighted by molar-refractivity contribution is 7.90. The number of rotatable bonds is 7. The molecule has 1 aliphatic carbocycles. The average Bonchev–Trinajstić information content (AvgIpc) is 3.30. The monoisotopic (exact) mass is 365 g/mol. The van der Waals surface area contributed by atoms with Crippen LogP contribution in [0.2, 0.25) is 0 Å². The van der Waals surface area contributed by atoms with Gasteiger partial charge in [-0.1, -0.05) is 32.1 Å². The van der Waals surface area contributed by atoms with Crippen LogP contribution in [0.1, 0.15) is 39.2 Å². The molecule has 0 bridgehead atoms. The summed E-state index contributed by atoms with van der Waals surface area (Å²) in [5.74, 6) is -0.342. The van der Waals surface area contributed by atoms with E-state index in [-0.39, 0.29) is 22.4 Å². The zero-order valence-electron chi connectivity index (χ0n) is 15.2. The van der Waals surface area contributed by atoms with E-state index >= 15 is 0 Å². The largest absolute Gasteiger partial charge is 0.321 e. The minimum atomic E-state index is -3.91. The highest BCUT2D eigenvalue weighted by Crippen LogP contribution is 2.42. The van der Waals surface area contributed by atoms with Gasteiger partial charge in [-0.2, -0.15) is 0 Å². The van der Waals surface area contributed by atoms with Gasteiger partial charge in [0.25, 0.3) is 15.9 Å². The summed E-state index contributed by atoms with van der Waals surface area (Å²) in [5, 5.41) is 3.09. The molecular formula is C18H27N3O3S. The maximum atomic E-state index is 12.4. The van der Waals surface area contributed by atoms with Crippen LogP contribution < -0.4 is 15.8 Å². The highest BCUT2D eigenvalue weighted by atomic mass is 32.2. The number of likely N-dealkylation sites (N-methyl/N-ethyl adjacent to an activating group) is 1. The Kier molecular flexibility index (Phi) is 5.71. The van der Waals surface area contributed by atoms with Gasteiger partial charge in [0.15, 0.2) is 0 Å². The Bertz CT molecular complexity index is 763. The Balaban J connectivity index is 2.12. The van der Waals surface area contributed by atoms with Crippen molar-refractivity contribution < 1.29 is 13.2 Å². The van der Waals surface area contributed by atoms with Crippen molar-refractivity contribution in [2.75, 3.05) is 7.05 Å². The van der Waals surface area contributed by atoms with Crippen LogP contribution in [-0.2, 0) is 20.4 Å². The van der Waals surface area contributed by atoms with Crippen molar-refractivity contribution >= 4 is 15.9 Å². The molecule has 0 radical (unpaired) electrons. The lowest BCUT2D eigenvalue weighted by molar-refractivity contribution is -0.115. The molecule has 2 rings (SSSR count). The molecule has 4 N–H and O–H groups in total. The Morgan fingerprint density at radius 1 is 1.24 bits per heavy atom. The Labute approximate surface area is 149 Å². The third kappa shape index (κ3) is 4.68. The van der Waals surface area contributed by atoms with Gasteiger partial charge in [0, 0.05) is 17.2 Å². The number of carbonyl (C=O) groups is 1. The van der Waals surface area contributed by atoms with Gasteiger partial charge in [0.05, 0.1) is 4.90 Å². The fraction of sp³-hybridized carbons (Fsp3) is 0.500. The van der Waals surface area contributed by atoms with Crippen LogP contribution in [0.4, 0.5) is 0 Å². The summed E-state index contributed by atoms with van der Waals surface area (Å²) in [6.45, 7) is 5.64. The van der Waals surface area contributed by atoms with Gasteiger partial charge < -0.3 is 11.1 Å².